The molecule has 0 spiro atoms. The monoisotopic (exact) mass is 341 g/mol. The van der Waals surface area contributed by atoms with Gasteiger partial charge >= 0.3 is 6.09 Å². The molecular formula is C15H23N3O4S. The summed E-state index contributed by atoms with van der Waals surface area (Å²) in [7, 11) is -3.61. The Morgan fingerprint density at radius 1 is 1.30 bits per heavy atom. The van der Waals surface area contributed by atoms with Crippen LogP contribution >= 0.6 is 0 Å². The van der Waals surface area contributed by atoms with Gasteiger partial charge in [0.25, 0.3) is 0 Å². The number of carbonyl (C=O) groups is 1. The Morgan fingerprint density at radius 3 is 2.57 bits per heavy atom. The molecule has 0 bridgehead atoms. The largest absolute Gasteiger partial charge is 0.444 e. The number of rotatable bonds is 2. The number of aromatic nitrogens is 2. The van der Waals surface area contributed by atoms with Crippen LogP contribution in [0, 0.1) is 6.92 Å². The molecule has 1 saturated heterocycles. The van der Waals surface area contributed by atoms with Crippen LogP contribution in [0.5, 0.6) is 0 Å². The highest BCUT2D eigenvalue weighted by Crippen LogP contribution is 2.23. The van der Waals surface area contributed by atoms with E-state index in [-0.39, 0.29) is 11.6 Å². The van der Waals surface area contributed by atoms with Crippen LogP contribution in [0.25, 0.3) is 0 Å². The second-order valence-corrected chi connectivity index (χ2v) is 8.92. The summed E-state index contributed by atoms with van der Waals surface area (Å²) in [5, 5.41) is 6.87. The maximum atomic E-state index is 12.7. The Labute approximate surface area is 137 Å². The first-order valence-corrected chi connectivity index (χ1v) is 9.16. The molecule has 0 aliphatic carbocycles. The molecule has 0 radical (unpaired) electrons. The van der Waals surface area contributed by atoms with Crippen LogP contribution in [0.4, 0.5) is 4.79 Å². The third-order valence-electron chi connectivity index (χ3n) is 3.53. The molecule has 1 aliphatic rings. The molecule has 1 atom stereocenters. The molecule has 8 heteroatoms. The van der Waals surface area contributed by atoms with E-state index in [1.165, 1.54) is 11.0 Å². The highest BCUT2D eigenvalue weighted by Gasteiger charge is 2.36. The van der Waals surface area contributed by atoms with Gasteiger partial charge in [-0.15, -0.1) is 5.10 Å². The molecule has 1 aromatic rings. The van der Waals surface area contributed by atoms with Crippen molar-refractivity contribution in [3.05, 3.63) is 17.8 Å². The van der Waals surface area contributed by atoms with E-state index in [0.717, 1.165) is 0 Å². The predicted molar refractivity (Wildman–Crippen MR) is 84.8 cm³/mol. The summed E-state index contributed by atoms with van der Waals surface area (Å²) in [5.74, 6) is 0. The van der Waals surface area contributed by atoms with Crippen molar-refractivity contribution < 1.29 is 17.9 Å². The Morgan fingerprint density at radius 2 is 2.00 bits per heavy atom. The maximum Gasteiger partial charge on any atom is 0.410 e. The van der Waals surface area contributed by atoms with Gasteiger partial charge in [-0.3, -0.25) is 0 Å². The number of hydrogen-bond acceptors (Lipinski definition) is 6. The van der Waals surface area contributed by atoms with Crippen molar-refractivity contribution in [2.45, 2.75) is 56.4 Å². The smallest absolute Gasteiger partial charge is 0.410 e. The zero-order valence-electron chi connectivity index (χ0n) is 13.9. The molecule has 0 saturated carbocycles. The molecule has 0 unspecified atom stereocenters. The molecule has 2 rings (SSSR count). The summed E-state index contributed by atoms with van der Waals surface area (Å²) in [4.78, 5) is 13.6. The lowest BCUT2D eigenvalue weighted by molar-refractivity contribution is 0.0219. The van der Waals surface area contributed by atoms with Crippen LogP contribution in [0.2, 0.25) is 0 Å². The molecule has 23 heavy (non-hydrogen) atoms. The third kappa shape index (κ3) is 4.40. The van der Waals surface area contributed by atoms with E-state index in [2.05, 4.69) is 10.2 Å². The summed E-state index contributed by atoms with van der Waals surface area (Å²) in [6, 6.07) is 3.08. The lowest BCUT2D eigenvalue weighted by Gasteiger charge is -2.33. The first-order valence-electron chi connectivity index (χ1n) is 7.62. The van der Waals surface area contributed by atoms with Crippen LogP contribution in [-0.4, -0.2) is 53.5 Å². The van der Waals surface area contributed by atoms with E-state index in [1.54, 1.807) is 33.8 Å². The zero-order valence-corrected chi connectivity index (χ0v) is 14.8. The number of amides is 1. The fourth-order valence-corrected chi connectivity index (χ4v) is 4.00. The first kappa shape index (κ1) is 17.7. The van der Waals surface area contributed by atoms with Crippen molar-refractivity contribution in [3.8, 4) is 0 Å². The van der Waals surface area contributed by atoms with Gasteiger partial charge < -0.3 is 9.64 Å². The molecule has 1 aromatic heterocycles. The van der Waals surface area contributed by atoms with Crippen LogP contribution in [0.3, 0.4) is 0 Å². The van der Waals surface area contributed by atoms with E-state index in [1.807, 2.05) is 0 Å². The van der Waals surface area contributed by atoms with Crippen LogP contribution < -0.4 is 0 Å². The van der Waals surface area contributed by atoms with Gasteiger partial charge in [-0.2, -0.15) is 5.10 Å². The second-order valence-electron chi connectivity index (χ2n) is 6.75. The SMILES string of the molecule is Cc1ccc(S(=O)(=O)[C@H]2CCCN(C(=O)OC(C)(C)C)C2)nn1. The Hall–Kier alpha value is -1.70. The molecule has 0 N–H and O–H groups in total. The van der Waals surface area contributed by atoms with Gasteiger partial charge in [0.1, 0.15) is 5.60 Å². The average Bonchev–Trinajstić information content (AvgIpc) is 2.46. The summed E-state index contributed by atoms with van der Waals surface area (Å²) in [6.45, 7) is 7.71. The lowest BCUT2D eigenvalue weighted by Crippen LogP contribution is -2.47. The van der Waals surface area contributed by atoms with Crippen molar-refractivity contribution in [3.63, 3.8) is 0 Å². The summed E-state index contributed by atoms with van der Waals surface area (Å²) < 4.78 is 30.7. The van der Waals surface area contributed by atoms with Gasteiger partial charge in [-0.05, 0) is 52.7 Å². The number of ether oxygens (including phenoxy) is 1. The van der Waals surface area contributed by atoms with Crippen molar-refractivity contribution in [2.75, 3.05) is 13.1 Å². The molecule has 128 valence electrons. The number of sulfone groups is 1. The molecule has 1 fully saturated rings. The number of nitrogens with zero attached hydrogens (tertiary/aromatic N) is 3. The molecule has 2 heterocycles. The minimum atomic E-state index is -3.61. The van der Waals surface area contributed by atoms with E-state index in [0.29, 0.717) is 25.1 Å². The number of aryl methyl sites for hydroxylation is 1. The molecule has 0 aromatic carbocycles. The Bertz CT molecular complexity index is 665. The van der Waals surface area contributed by atoms with Crippen molar-refractivity contribution in [2.24, 2.45) is 0 Å². The molecular weight excluding hydrogens is 318 g/mol. The van der Waals surface area contributed by atoms with Gasteiger partial charge in [-0.25, -0.2) is 13.2 Å². The van der Waals surface area contributed by atoms with Crippen LogP contribution in [0.15, 0.2) is 17.2 Å². The first-order chi connectivity index (χ1) is 10.6. The number of piperidine rings is 1. The lowest BCUT2D eigenvalue weighted by atomic mass is 10.1. The summed E-state index contributed by atoms with van der Waals surface area (Å²) in [6.07, 6.45) is 0.631. The van der Waals surface area contributed by atoms with E-state index in [4.69, 9.17) is 4.74 Å². The van der Waals surface area contributed by atoms with Gasteiger partial charge in [-0.1, -0.05) is 0 Å². The maximum absolute atomic E-state index is 12.7. The van der Waals surface area contributed by atoms with Gasteiger partial charge in [0.05, 0.1) is 10.9 Å². The minimum Gasteiger partial charge on any atom is -0.444 e. The summed E-state index contributed by atoms with van der Waals surface area (Å²) >= 11 is 0. The Kier molecular flexibility index (Phi) is 4.93. The van der Waals surface area contributed by atoms with E-state index in [9.17, 15) is 13.2 Å². The number of likely N-dealkylation sites (tertiary alicyclic amines) is 1. The zero-order chi connectivity index (χ0) is 17.3. The topological polar surface area (TPSA) is 89.5 Å². The van der Waals surface area contributed by atoms with Gasteiger partial charge in [0.2, 0.25) is 9.84 Å². The fourth-order valence-electron chi connectivity index (χ4n) is 2.39. The third-order valence-corrected chi connectivity index (χ3v) is 5.60. The summed E-state index contributed by atoms with van der Waals surface area (Å²) in [5.41, 5.74) is 0.0497. The normalized spacial score (nSPS) is 19.5. The number of carbonyl (C=O) groups excluding carboxylic acids is 1. The van der Waals surface area contributed by atoms with Crippen molar-refractivity contribution in [1.82, 2.24) is 15.1 Å². The second kappa shape index (κ2) is 6.43. The van der Waals surface area contributed by atoms with Gasteiger partial charge in [0.15, 0.2) is 5.03 Å². The quantitative estimate of drug-likeness (QED) is 0.817. The van der Waals surface area contributed by atoms with E-state index >= 15 is 0 Å². The van der Waals surface area contributed by atoms with Crippen molar-refractivity contribution in [1.29, 1.82) is 0 Å². The van der Waals surface area contributed by atoms with Crippen LogP contribution in [-0.2, 0) is 14.6 Å². The van der Waals surface area contributed by atoms with E-state index < -0.39 is 26.8 Å². The van der Waals surface area contributed by atoms with Crippen molar-refractivity contribution >= 4 is 15.9 Å². The highest BCUT2D eigenvalue weighted by molar-refractivity contribution is 7.92. The highest BCUT2D eigenvalue weighted by atomic mass is 32.2. The minimum absolute atomic E-state index is 0.0425. The van der Waals surface area contributed by atoms with Gasteiger partial charge in [0, 0.05) is 13.1 Å². The number of hydrogen-bond donors (Lipinski definition) is 0. The Balaban J connectivity index is 2.14. The molecule has 7 nitrogen and oxygen atoms in total. The molecule has 1 amide bonds. The molecule has 1 aliphatic heterocycles. The fraction of sp³-hybridized carbons (Fsp3) is 0.667. The standard InChI is InChI=1S/C15H23N3O4S/c1-11-7-8-13(17-16-11)23(20,21)12-6-5-9-18(10-12)14(19)22-15(2,3)4/h7-8,12H,5-6,9-10H2,1-4H3/t12-/m0/s1. The van der Waals surface area contributed by atoms with Crippen LogP contribution in [0.1, 0.15) is 39.3 Å². The predicted octanol–water partition coefficient (Wildman–Crippen LogP) is 1.96. The average molecular weight is 341 g/mol.